The minimum atomic E-state index is -0.331. The lowest BCUT2D eigenvalue weighted by molar-refractivity contribution is 0.0948. The van der Waals surface area contributed by atoms with Gasteiger partial charge in [-0.05, 0) is 36.4 Å². The molecule has 0 aliphatic carbocycles. The molecule has 0 fully saturated rings. The second-order valence-electron chi connectivity index (χ2n) is 6.11. The van der Waals surface area contributed by atoms with E-state index in [-0.39, 0.29) is 24.6 Å². The van der Waals surface area contributed by atoms with Crippen LogP contribution in [0.2, 0.25) is 5.02 Å². The van der Waals surface area contributed by atoms with Crippen LogP contribution in [-0.4, -0.2) is 36.5 Å². The Morgan fingerprint density at radius 3 is 2.52 bits per heavy atom. The fourth-order valence-corrected chi connectivity index (χ4v) is 2.87. The lowest BCUT2D eigenvalue weighted by Gasteiger charge is -2.12. The van der Waals surface area contributed by atoms with E-state index in [0.717, 1.165) is 5.56 Å². The molecule has 0 atom stereocenters. The third kappa shape index (κ3) is 4.94. The quantitative estimate of drug-likeness (QED) is 0.643. The number of aromatic nitrogens is 2. The van der Waals surface area contributed by atoms with Crippen LogP contribution in [0.25, 0.3) is 11.3 Å². The Kier molecular flexibility index (Phi) is 6.51. The maximum absolute atomic E-state index is 12.5. The van der Waals surface area contributed by atoms with E-state index >= 15 is 0 Å². The Morgan fingerprint density at radius 1 is 1.07 bits per heavy atom. The fraction of sp³-hybridized carbons (Fsp3) is 0.190. The van der Waals surface area contributed by atoms with Gasteiger partial charge >= 0.3 is 0 Å². The summed E-state index contributed by atoms with van der Waals surface area (Å²) in [5.74, 6) is 0.649. The van der Waals surface area contributed by atoms with Gasteiger partial charge in [0.25, 0.3) is 11.5 Å². The highest BCUT2D eigenvalue weighted by atomic mass is 35.5. The van der Waals surface area contributed by atoms with Gasteiger partial charge in [-0.1, -0.05) is 23.7 Å². The molecule has 150 valence electrons. The fourth-order valence-electron chi connectivity index (χ4n) is 2.75. The Balaban J connectivity index is 1.70. The number of hydrogen-bond donors (Lipinski definition) is 1. The van der Waals surface area contributed by atoms with Crippen LogP contribution >= 0.6 is 11.6 Å². The van der Waals surface area contributed by atoms with E-state index in [1.807, 2.05) is 12.1 Å². The first-order valence-corrected chi connectivity index (χ1v) is 9.24. The van der Waals surface area contributed by atoms with Crippen LogP contribution in [-0.2, 0) is 6.54 Å². The van der Waals surface area contributed by atoms with Gasteiger partial charge < -0.3 is 14.8 Å². The molecule has 0 spiro atoms. The van der Waals surface area contributed by atoms with Crippen molar-refractivity contribution in [1.29, 1.82) is 0 Å². The molecule has 3 rings (SSSR count). The predicted octanol–water partition coefficient (Wildman–Crippen LogP) is 3.01. The second-order valence-corrected chi connectivity index (χ2v) is 6.55. The van der Waals surface area contributed by atoms with E-state index in [1.54, 1.807) is 36.4 Å². The number of rotatable bonds is 7. The van der Waals surface area contributed by atoms with Crippen molar-refractivity contribution in [2.24, 2.45) is 0 Å². The average molecular weight is 414 g/mol. The third-order valence-electron chi connectivity index (χ3n) is 4.27. The van der Waals surface area contributed by atoms with Crippen molar-refractivity contribution in [3.05, 3.63) is 75.5 Å². The van der Waals surface area contributed by atoms with E-state index in [4.69, 9.17) is 21.1 Å². The Bertz CT molecular complexity index is 1060. The second kappa shape index (κ2) is 9.25. The summed E-state index contributed by atoms with van der Waals surface area (Å²) < 4.78 is 11.7. The van der Waals surface area contributed by atoms with Crippen LogP contribution in [0.15, 0.2) is 59.4 Å². The standard InChI is InChI=1S/C21H20ClN3O4/c1-28-16-7-9-19(29-2)17(13-16)21(27)23-11-12-25-20(26)10-8-18(24-25)14-3-5-15(22)6-4-14/h3-10,13H,11-12H2,1-2H3,(H,23,27). The van der Waals surface area contributed by atoms with E-state index in [2.05, 4.69) is 10.4 Å². The molecule has 0 radical (unpaired) electrons. The highest BCUT2D eigenvalue weighted by Gasteiger charge is 2.13. The van der Waals surface area contributed by atoms with E-state index in [0.29, 0.717) is 27.8 Å². The number of hydrogen-bond acceptors (Lipinski definition) is 5. The maximum atomic E-state index is 12.5. The summed E-state index contributed by atoms with van der Waals surface area (Å²) >= 11 is 5.91. The van der Waals surface area contributed by atoms with Crippen LogP contribution in [0.3, 0.4) is 0 Å². The van der Waals surface area contributed by atoms with E-state index < -0.39 is 0 Å². The maximum Gasteiger partial charge on any atom is 0.266 e. The largest absolute Gasteiger partial charge is 0.497 e. The highest BCUT2D eigenvalue weighted by Crippen LogP contribution is 2.23. The SMILES string of the molecule is COc1ccc(OC)c(C(=O)NCCn2nc(-c3ccc(Cl)cc3)ccc2=O)c1. The Morgan fingerprint density at radius 2 is 1.83 bits per heavy atom. The van der Waals surface area contributed by atoms with Crippen molar-refractivity contribution in [2.75, 3.05) is 20.8 Å². The van der Waals surface area contributed by atoms with Gasteiger partial charge in [-0.2, -0.15) is 5.10 Å². The van der Waals surface area contributed by atoms with E-state index in [9.17, 15) is 9.59 Å². The lowest BCUT2D eigenvalue weighted by Crippen LogP contribution is -2.32. The molecule has 29 heavy (non-hydrogen) atoms. The molecule has 7 nitrogen and oxygen atoms in total. The molecule has 2 aromatic carbocycles. The van der Waals surface area contributed by atoms with Gasteiger partial charge in [-0.25, -0.2) is 4.68 Å². The van der Waals surface area contributed by atoms with Crippen LogP contribution in [0.4, 0.5) is 0 Å². The van der Waals surface area contributed by atoms with Gasteiger partial charge in [0.15, 0.2) is 0 Å². The smallest absolute Gasteiger partial charge is 0.266 e. The topological polar surface area (TPSA) is 82.4 Å². The van der Waals surface area contributed by atoms with E-state index in [1.165, 1.54) is 25.0 Å². The summed E-state index contributed by atoms with van der Waals surface area (Å²) in [5, 5.41) is 7.77. The molecular weight excluding hydrogens is 394 g/mol. The minimum absolute atomic E-state index is 0.218. The molecule has 1 aromatic heterocycles. The molecule has 0 saturated heterocycles. The Hall–Kier alpha value is -3.32. The van der Waals surface area contributed by atoms with Crippen molar-refractivity contribution in [1.82, 2.24) is 15.1 Å². The molecule has 0 saturated carbocycles. The normalized spacial score (nSPS) is 10.4. The van der Waals surface area contributed by atoms with Crippen LogP contribution < -0.4 is 20.3 Å². The monoisotopic (exact) mass is 413 g/mol. The molecule has 1 heterocycles. The Labute approximate surface area is 172 Å². The number of halogens is 1. The number of nitrogens with zero attached hydrogens (tertiary/aromatic N) is 2. The van der Waals surface area contributed by atoms with Crippen molar-refractivity contribution in [3.63, 3.8) is 0 Å². The molecule has 1 N–H and O–H groups in total. The number of amides is 1. The predicted molar refractivity (Wildman–Crippen MR) is 111 cm³/mol. The summed E-state index contributed by atoms with van der Waals surface area (Å²) in [6, 6.07) is 15.3. The zero-order valence-corrected chi connectivity index (χ0v) is 16.8. The summed E-state index contributed by atoms with van der Waals surface area (Å²) in [5.41, 5.74) is 1.58. The van der Waals surface area contributed by atoms with Crippen LogP contribution in [0.5, 0.6) is 11.5 Å². The number of carbonyl (C=O) groups excluding carboxylic acids is 1. The lowest BCUT2D eigenvalue weighted by atomic mass is 10.1. The van der Waals surface area contributed by atoms with Crippen molar-refractivity contribution >= 4 is 17.5 Å². The molecule has 0 aliphatic heterocycles. The van der Waals surface area contributed by atoms with Gasteiger partial charge in [0.1, 0.15) is 11.5 Å². The molecule has 3 aromatic rings. The summed E-state index contributed by atoms with van der Waals surface area (Å²) in [6.07, 6.45) is 0. The number of nitrogens with one attached hydrogen (secondary N) is 1. The molecule has 8 heteroatoms. The molecule has 1 amide bonds. The first kappa shape index (κ1) is 20.4. The van der Waals surface area contributed by atoms with Gasteiger partial charge in [-0.15, -0.1) is 0 Å². The third-order valence-corrected chi connectivity index (χ3v) is 4.52. The first-order chi connectivity index (χ1) is 14.0. The van der Waals surface area contributed by atoms with Gasteiger partial charge in [0, 0.05) is 23.2 Å². The van der Waals surface area contributed by atoms with Crippen LogP contribution in [0, 0.1) is 0 Å². The number of methoxy groups -OCH3 is 2. The van der Waals surface area contributed by atoms with Gasteiger partial charge in [0.2, 0.25) is 0 Å². The molecular formula is C21H20ClN3O4. The van der Waals surface area contributed by atoms with Gasteiger partial charge in [-0.3, -0.25) is 9.59 Å². The zero-order valence-electron chi connectivity index (χ0n) is 16.0. The number of ether oxygens (including phenoxy) is 2. The zero-order chi connectivity index (χ0) is 20.8. The molecule has 0 aliphatic rings. The van der Waals surface area contributed by atoms with Crippen molar-refractivity contribution in [2.45, 2.75) is 6.54 Å². The highest BCUT2D eigenvalue weighted by molar-refractivity contribution is 6.30. The van der Waals surface area contributed by atoms with Crippen molar-refractivity contribution < 1.29 is 14.3 Å². The summed E-state index contributed by atoms with van der Waals surface area (Å²) in [4.78, 5) is 24.6. The summed E-state index contributed by atoms with van der Waals surface area (Å²) in [7, 11) is 3.01. The molecule has 0 unspecified atom stereocenters. The minimum Gasteiger partial charge on any atom is -0.497 e. The molecule has 0 bridgehead atoms. The van der Waals surface area contributed by atoms with Crippen LogP contribution in [0.1, 0.15) is 10.4 Å². The number of benzene rings is 2. The average Bonchev–Trinajstić information content (AvgIpc) is 2.75. The van der Waals surface area contributed by atoms with Crippen molar-refractivity contribution in [3.8, 4) is 22.8 Å². The number of carbonyl (C=O) groups is 1. The van der Waals surface area contributed by atoms with Gasteiger partial charge in [0.05, 0.1) is 32.0 Å². The first-order valence-electron chi connectivity index (χ1n) is 8.86. The summed E-state index contributed by atoms with van der Waals surface area (Å²) in [6.45, 7) is 0.439.